The number of hydrogen-bond acceptors (Lipinski definition) is 5. The first-order valence-corrected chi connectivity index (χ1v) is 5.59. The first-order valence-electron chi connectivity index (χ1n) is 5.59. The summed E-state index contributed by atoms with van der Waals surface area (Å²) in [5, 5.41) is 3.03. The molecule has 0 aliphatic heterocycles. The van der Waals surface area contributed by atoms with Gasteiger partial charge in [0.15, 0.2) is 5.92 Å². The maximum atomic E-state index is 11.4. The molecular weight excluding hydrogens is 234 g/mol. The molecule has 1 N–H and O–H groups in total. The molecule has 0 bridgehead atoms. The Hall–Kier alpha value is -1.88. The molecule has 0 atom stereocenters. The molecule has 5 nitrogen and oxygen atoms in total. The van der Waals surface area contributed by atoms with Crippen molar-refractivity contribution < 1.29 is 19.1 Å². The molecule has 0 aromatic heterocycles. The van der Waals surface area contributed by atoms with Crippen LogP contribution >= 0.6 is 0 Å². The quantitative estimate of drug-likeness (QED) is 0.596. The summed E-state index contributed by atoms with van der Waals surface area (Å²) in [5.41, 5.74) is 1.07. The SMILES string of the molecule is COC(=O)C(CNCc1ccccc1)C(=O)OC. The Bertz CT molecular complexity index is 375. The number of esters is 2. The molecule has 1 aromatic carbocycles. The highest BCUT2D eigenvalue weighted by atomic mass is 16.5. The number of methoxy groups -OCH3 is 2. The van der Waals surface area contributed by atoms with Crippen LogP contribution in [-0.2, 0) is 25.6 Å². The van der Waals surface area contributed by atoms with Crippen molar-refractivity contribution in [1.29, 1.82) is 0 Å². The van der Waals surface area contributed by atoms with Crippen LogP contribution in [0.3, 0.4) is 0 Å². The molecule has 98 valence electrons. The Morgan fingerprint density at radius 1 is 1.11 bits per heavy atom. The van der Waals surface area contributed by atoms with Gasteiger partial charge in [-0.05, 0) is 5.56 Å². The minimum atomic E-state index is -0.927. The van der Waals surface area contributed by atoms with Crippen molar-refractivity contribution in [2.45, 2.75) is 6.54 Å². The maximum absolute atomic E-state index is 11.4. The van der Waals surface area contributed by atoms with Crippen LogP contribution in [0, 0.1) is 5.92 Å². The number of benzene rings is 1. The lowest BCUT2D eigenvalue weighted by molar-refractivity contribution is -0.158. The smallest absolute Gasteiger partial charge is 0.321 e. The lowest BCUT2D eigenvalue weighted by Gasteiger charge is -2.13. The Morgan fingerprint density at radius 3 is 2.17 bits per heavy atom. The van der Waals surface area contributed by atoms with Crippen LogP contribution in [0.4, 0.5) is 0 Å². The average molecular weight is 251 g/mol. The fourth-order valence-corrected chi connectivity index (χ4v) is 1.50. The normalized spacial score (nSPS) is 10.2. The fourth-order valence-electron chi connectivity index (χ4n) is 1.50. The summed E-state index contributed by atoms with van der Waals surface area (Å²) in [7, 11) is 2.49. The topological polar surface area (TPSA) is 64.6 Å². The van der Waals surface area contributed by atoms with E-state index >= 15 is 0 Å². The minimum absolute atomic E-state index is 0.189. The summed E-state index contributed by atoms with van der Waals surface area (Å²) < 4.78 is 9.12. The van der Waals surface area contributed by atoms with E-state index in [9.17, 15) is 9.59 Å². The van der Waals surface area contributed by atoms with Crippen molar-refractivity contribution >= 4 is 11.9 Å². The van der Waals surface area contributed by atoms with Gasteiger partial charge in [-0.3, -0.25) is 9.59 Å². The van der Waals surface area contributed by atoms with Crippen LogP contribution in [0.2, 0.25) is 0 Å². The second-order valence-corrected chi connectivity index (χ2v) is 3.72. The maximum Gasteiger partial charge on any atom is 0.321 e. The third-order valence-electron chi connectivity index (χ3n) is 2.49. The van der Waals surface area contributed by atoms with Crippen molar-refractivity contribution in [3.05, 3.63) is 35.9 Å². The van der Waals surface area contributed by atoms with Gasteiger partial charge >= 0.3 is 11.9 Å². The summed E-state index contributed by atoms with van der Waals surface area (Å²) in [4.78, 5) is 22.8. The molecule has 0 aliphatic carbocycles. The van der Waals surface area contributed by atoms with E-state index in [0.29, 0.717) is 6.54 Å². The van der Waals surface area contributed by atoms with Crippen LogP contribution in [-0.4, -0.2) is 32.7 Å². The molecule has 0 heterocycles. The average Bonchev–Trinajstić information content (AvgIpc) is 2.43. The van der Waals surface area contributed by atoms with E-state index in [1.807, 2.05) is 30.3 Å². The van der Waals surface area contributed by atoms with E-state index in [-0.39, 0.29) is 6.54 Å². The second kappa shape index (κ2) is 7.45. The summed E-state index contributed by atoms with van der Waals surface area (Å²) in [6.07, 6.45) is 0. The summed E-state index contributed by atoms with van der Waals surface area (Å²) in [6.45, 7) is 0.763. The van der Waals surface area contributed by atoms with Gasteiger partial charge in [-0.1, -0.05) is 30.3 Å². The molecular formula is C13H17NO4. The molecule has 0 unspecified atom stereocenters. The zero-order chi connectivity index (χ0) is 13.4. The summed E-state index contributed by atoms with van der Waals surface area (Å²) in [6, 6.07) is 9.69. The van der Waals surface area contributed by atoms with Gasteiger partial charge in [-0.2, -0.15) is 0 Å². The highest BCUT2D eigenvalue weighted by molar-refractivity contribution is 5.95. The van der Waals surface area contributed by atoms with Gasteiger partial charge in [0, 0.05) is 13.1 Å². The minimum Gasteiger partial charge on any atom is -0.468 e. The summed E-state index contributed by atoms with van der Waals surface area (Å²) in [5.74, 6) is -2.12. The highest BCUT2D eigenvalue weighted by Gasteiger charge is 2.27. The van der Waals surface area contributed by atoms with Crippen LogP contribution in [0.1, 0.15) is 5.56 Å². The van der Waals surface area contributed by atoms with Crippen molar-refractivity contribution in [1.82, 2.24) is 5.32 Å². The first-order chi connectivity index (χ1) is 8.69. The van der Waals surface area contributed by atoms with E-state index in [1.54, 1.807) is 0 Å². The van der Waals surface area contributed by atoms with Gasteiger partial charge in [0.2, 0.25) is 0 Å². The standard InChI is InChI=1S/C13H17NO4/c1-17-12(15)11(13(16)18-2)9-14-8-10-6-4-3-5-7-10/h3-7,11,14H,8-9H2,1-2H3. The molecule has 1 rings (SSSR count). The zero-order valence-electron chi connectivity index (χ0n) is 10.5. The van der Waals surface area contributed by atoms with Gasteiger partial charge in [-0.25, -0.2) is 0 Å². The summed E-state index contributed by atoms with van der Waals surface area (Å²) >= 11 is 0. The number of nitrogens with one attached hydrogen (secondary N) is 1. The van der Waals surface area contributed by atoms with Gasteiger partial charge < -0.3 is 14.8 Å². The highest BCUT2D eigenvalue weighted by Crippen LogP contribution is 2.03. The van der Waals surface area contributed by atoms with Crippen LogP contribution < -0.4 is 5.32 Å². The van der Waals surface area contributed by atoms with E-state index in [2.05, 4.69) is 14.8 Å². The van der Waals surface area contributed by atoms with E-state index in [1.165, 1.54) is 14.2 Å². The number of ether oxygens (including phenoxy) is 2. The van der Waals surface area contributed by atoms with Gasteiger partial charge in [0.1, 0.15) is 0 Å². The Morgan fingerprint density at radius 2 is 1.67 bits per heavy atom. The Labute approximate surface area is 106 Å². The van der Waals surface area contributed by atoms with E-state index < -0.39 is 17.9 Å². The van der Waals surface area contributed by atoms with Crippen LogP contribution in [0.5, 0.6) is 0 Å². The largest absolute Gasteiger partial charge is 0.468 e. The van der Waals surface area contributed by atoms with Gasteiger partial charge in [-0.15, -0.1) is 0 Å². The molecule has 0 saturated heterocycles. The molecule has 0 aliphatic rings. The van der Waals surface area contributed by atoms with Crippen molar-refractivity contribution in [3.8, 4) is 0 Å². The molecule has 0 spiro atoms. The third kappa shape index (κ3) is 4.18. The second-order valence-electron chi connectivity index (χ2n) is 3.72. The zero-order valence-corrected chi connectivity index (χ0v) is 10.5. The lowest BCUT2D eigenvalue weighted by Crippen LogP contribution is -2.35. The molecule has 0 radical (unpaired) electrons. The van der Waals surface area contributed by atoms with Crippen LogP contribution in [0.25, 0.3) is 0 Å². The van der Waals surface area contributed by atoms with Crippen molar-refractivity contribution in [2.24, 2.45) is 5.92 Å². The molecule has 5 heteroatoms. The van der Waals surface area contributed by atoms with E-state index in [4.69, 9.17) is 0 Å². The predicted molar refractivity (Wildman–Crippen MR) is 65.7 cm³/mol. The number of rotatable bonds is 6. The number of hydrogen-bond donors (Lipinski definition) is 1. The Balaban J connectivity index is 2.47. The Kier molecular flexibility index (Phi) is 5.87. The lowest BCUT2D eigenvalue weighted by atomic mass is 10.1. The van der Waals surface area contributed by atoms with Gasteiger partial charge in [0.25, 0.3) is 0 Å². The van der Waals surface area contributed by atoms with Crippen molar-refractivity contribution in [3.63, 3.8) is 0 Å². The molecule has 0 saturated carbocycles. The van der Waals surface area contributed by atoms with Gasteiger partial charge in [0.05, 0.1) is 14.2 Å². The first kappa shape index (κ1) is 14.2. The number of carbonyl (C=O) groups excluding carboxylic acids is 2. The third-order valence-corrected chi connectivity index (χ3v) is 2.49. The van der Waals surface area contributed by atoms with E-state index in [0.717, 1.165) is 5.56 Å². The number of carbonyl (C=O) groups is 2. The molecule has 0 amide bonds. The van der Waals surface area contributed by atoms with Crippen molar-refractivity contribution in [2.75, 3.05) is 20.8 Å². The monoisotopic (exact) mass is 251 g/mol. The molecule has 1 aromatic rings. The fraction of sp³-hybridized carbons (Fsp3) is 0.385. The molecule has 0 fully saturated rings. The molecule has 18 heavy (non-hydrogen) atoms. The predicted octanol–water partition coefficient (Wildman–Crippen LogP) is 0.738. The van der Waals surface area contributed by atoms with Crippen LogP contribution in [0.15, 0.2) is 30.3 Å².